The molecule has 1 saturated heterocycles. The smallest absolute Gasteiger partial charge is 0.244 e. The molecule has 5 heteroatoms. The summed E-state index contributed by atoms with van der Waals surface area (Å²) in [6.45, 7) is 2.35. The van der Waals surface area contributed by atoms with E-state index >= 15 is 0 Å². The predicted molar refractivity (Wildman–Crippen MR) is 60.9 cm³/mol. The van der Waals surface area contributed by atoms with Crippen LogP contribution >= 0.6 is 0 Å². The Labute approximate surface area is 95.4 Å². The molecule has 0 spiro atoms. The van der Waals surface area contributed by atoms with Gasteiger partial charge in [0.15, 0.2) is 0 Å². The number of carbonyl (C=O) groups excluding carboxylic acids is 1. The molecule has 1 fully saturated rings. The molecule has 0 aliphatic carbocycles. The number of hydrogen-bond donors (Lipinski definition) is 1. The van der Waals surface area contributed by atoms with Gasteiger partial charge in [-0.25, -0.2) is 0 Å². The van der Waals surface area contributed by atoms with Crippen LogP contribution in [0.25, 0.3) is 0 Å². The van der Waals surface area contributed by atoms with Crippen molar-refractivity contribution in [3.8, 4) is 0 Å². The number of hydrogen-bond acceptors (Lipinski definition) is 3. The van der Waals surface area contributed by atoms with E-state index in [9.17, 15) is 4.79 Å². The summed E-state index contributed by atoms with van der Waals surface area (Å²) in [6.07, 6.45) is 5.59. The van der Waals surface area contributed by atoms with E-state index in [0.717, 1.165) is 25.9 Å². The van der Waals surface area contributed by atoms with Crippen molar-refractivity contribution in [2.24, 2.45) is 0 Å². The van der Waals surface area contributed by atoms with E-state index in [-0.39, 0.29) is 5.91 Å². The molecule has 0 saturated carbocycles. The molecule has 0 aromatic carbocycles. The summed E-state index contributed by atoms with van der Waals surface area (Å²) in [5.74, 6) is 0.135. The van der Waals surface area contributed by atoms with E-state index in [4.69, 9.17) is 0 Å². The maximum Gasteiger partial charge on any atom is 0.244 e. The van der Waals surface area contributed by atoms with E-state index < -0.39 is 0 Å². The summed E-state index contributed by atoms with van der Waals surface area (Å²) in [5.41, 5.74) is 0. The van der Waals surface area contributed by atoms with Crippen molar-refractivity contribution in [3.05, 3.63) is 18.5 Å². The first kappa shape index (κ1) is 11.1. The number of aromatic nitrogens is 2. The Kier molecular flexibility index (Phi) is 3.56. The molecule has 0 radical (unpaired) electrons. The van der Waals surface area contributed by atoms with Gasteiger partial charge in [0.05, 0.1) is 0 Å². The molecule has 1 N–H and O–H groups in total. The number of amides is 1. The lowest BCUT2D eigenvalue weighted by Gasteiger charge is -2.31. The SMILES string of the molecule is CN(C(=O)Cn1cccn1)C1CCNCC1. The van der Waals surface area contributed by atoms with Gasteiger partial charge in [-0.15, -0.1) is 0 Å². The Morgan fingerprint density at radius 3 is 2.94 bits per heavy atom. The average Bonchev–Trinajstić information content (AvgIpc) is 2.82. The van der Waals surface area contributed by atoms with Crippen molar-refractivity contribution >= 4 is 5.91 Å². The third-order valence-electron chi connectivity index (χ3n) is 3.11. The zero-order valence-corrected chi connectivity index (χ0v) is 9.59. The zero-order chi connectivity index (χ0) is 11.4. The number of nitrogens with zero attached hydrogens (tertiary/aromatic N) is 3. The Morgan fingerprint density at radius 2 is 2.31 bits per heavy atom. The van der Waals surface area contributed by atoms with Gasteiger partial charge in [0, 0.05) is 25.5 Å². The monoisotopic (exact) mass is 222 g/mol. The Morgan fingerprint density at radius 1 is 1.56 bits per heavy atom. The van der Waals surface area contributed by atoms with Gasteiger partial charge in [0.2, 0.25) is 5.91 Å². The second-order valence-corrected chi connectivity index (χ2v) is 4.19. The van der Waals surface area contributed by atoms with Gasteiger partial charge < -0.3 is 10.2 Å². The highest BCUT2D eigenvalue weighted by molar-refractivity contribution is 5.75. The number of piperidine rings is 1. The molecular weight excluding hydrogens is 204 g/mol. The van der Waals surface area contributed by atoms with Crippen LogP contribution in [0.5, 0.6) is 0 Å². The largest absolute Gasteiger partial charge is 0.341 e. The van der Waals surface area contributed by atoms with E-state index in [2.05, 4.69) is 10.4 Å². The molecule has 88 valence electrons. The van der Waals surface area contributed by atoms with Gasteiger partial charge in [0.1, 0.15) is 6.54 Å². The fourth-order valence-electron chi connectivity index (χ4n) is 2.04. The van der Waals surface area contributed by atoms with E-state index in [1.165, 1.54) is 0 Å². The standard InChI is InChI=1S/C11H18N4O/c1-14(10-3-6-12-7-4-10)11(16)9-15-8-2-5-13-15/h2,5,8,10,12H,3-4,6-7,9H2,1H3. The van der Waals surface area contributed by atoms with Crippen LogP contribution in [-0.4, -0.2) is 46.8 Å². The van der Waals surface area contributed by atoms with Crippen LogP contribution in [0.4, 0.5) is 0 Å². The van der Waals surface area contributed by atoms with Crippen LogP contribution in [0.1, 0.15) is 12.8 Å². The minimum absolute atomic E-state index is 0.135. The van der Waals surface area contributed by atoms with Gasteiger partial charge in [0.25, 0.3) is 0 Å². The van der Waals surface area contributed by atoms with Crippen molar-refractivity contribution in [2.75, 3.05) is 20.1 Å². The van der Waals surface area contributed by atoms with E-state index in [1.807, 2.05) is 24.2 Å². The maximum absolute atomic E-state index is 12.0. The third kappa shape index (κ3) is 2.61. The molecule has 1 aromatic heterocycles. The number of rotatable bonds is 3. The topological polar surface area (TPSA) is 50.2 Å². The minimum Gasteiger partial charge on any atom is -0.341 e. The molecule has 1 aliphatic heterocycles. The van der Waals surface area contributed by atoms with Crippen LogP contribution in [-0.2, 0) is 11.3 Å². The van der Waals surface area contributed by atoms with Crippen molar-refractivity contribution in [2.45, 2.75) is 25.4 Å². The summed E-state index contributed by atoms with van der Waals surface area (Å²) in [7, 11) is 1.89. The normalized spacial score (nSPS) is 17.3. The molecular formula is C11H18N4O. The molecule has 0 unspecified atom stereocenters. The fourth-order valence-corrected chi connectivity index (χ4v) is 2.04. The van der Waals surface area contributed by atoms with Crippen molar-refractivity contribution in [3.63, 3.8) is 0 Å². The van der Waals surface area contributed by atoms with Crippen LogP contribution < -0.4 is 5.32 Å². The highest BCUT2D eigenvalue weighted by Gasteiger charge is 2.21. The Balaban J connectivity index is 1.88. The highest BCUT2D eigenvalue weighted by atomic mass is 16.2. The predicted octanol–water partition coefficient (Wildman–Crippen LogP) is 0.0935. The molecule has 2 heterocycles. The Hall–Kier alpha value is -1.36. The van der Waals surface area contributed by atoms with E-state index in [1.54, 1.807) is 10.9 Å². The lowest BCUT2D eigenvalue weighted by molar-refractivity contribution is -0.133. The number of nitrogens with one attached hydrogen (secondary N) is 1. The highest BCUT2D eigenvalue weighted by Crippen LogP contribution is 2.10. The van der Waals surface area contributed by atoms with E-state index in [0.29, 0.717) is 12.6 Å². The summed E-state index contributed by atoms with van der Waals surface area (Å²) in [5, 5.41) is 7.34. The summed E-state index contributed by atoms with van der Waals surface area (Å²) >= 11 is 0. The summed E-state index contributed by atoms with van der Waals surface area (Å²) in [4.78, 5) is 13.8. The number of likely N-dealkylation sites (N-methyl/N-ethyl adjacent to an activating group) is 1. The third-order valence-corrected chi connectivity index (χ3v) is 3.11. The molecule has 2 rings (SSSR count). The van der Waals surface area contributed by atoms with Gasteiger partial charge in [-0.2, -0.15) is 5.10 Å². The van der Waals surface area contributed by atoms with Gasteiger partial charge in [-0.05, 0) is 32.0 Å². The average molecular weight is 222 g/mol. The molecule has 1 amide bonds. The van der Waals surface area contributed by atoms with Gasteiger partial charge in [-0.1, -0.05) is 0 Å². The van der Waals surface area contributed by atoms with Crippen molar-refractivity contribution in [1.82, 2.24) is 20.0 Å². The molecule has 1 aliphatic rings. The first-order chi connectivity index (χ1) is 7.77. The molecule has 1 aromatic rings. The Bertz CT molecular complexity index is 330. The first-order valence-corrected chi connectivity index (χ1v) is 5.71. The van der Waals surface area contributed by atoms with Crippen LogP contribution in [0.15, 0.2) is 18.5 Å². The van der Waals surface area contributed by atoms with Gasteiger partial charge in [-0.3, -0.25) is 9.48 Å². The summed E-state index contributed by atoms with van der Waals surface area (Å²) < 4.78 is 1.67. The van der Waals surface area contributed by atoms with Crippen molar-refractivity contribution in [1.29, 1.82) is 0 Å². The minimum atomic E-state index is 0.135. The van der Waals surface area contributed by atoms with Gasteiger partial charge >= 0.3 is 0 Å². The molecule has 0 bridgehead atoms. The lowest BCUT2D eigenvalue weighted by atomic mass is 10.1. The van der Waals surface area contributed by atoms with Crippen LogP contribution in [0.2, 0.25) is 0 Å². The maximum atomic E-state index is 12.0. The van der Waals surface area contributed by atoms with Crippen LogP contribution in [0.3, 0.4) is 0 Å². The summed E-state index contributed by atoms with van der Waals surface area (Å²) in [6, 6.07) is 2.21. The molecule has 5 nitrogen and oxygen atoms in total. The lowest BCUT2D eigenvalue weighted by Crippen LogP contribution is -2.45. The first-order valence-electron chi connectivity index (χ1n) is 5.71. The fraction of sp³-hybridized carbons (Fsp3) is 0.636. The molecule has 0 atom stereocenters. The number of carbonyl (C=O) groups is 1. The quantitative estimate of drug-likeness (QED) is 0.788. The zero-order valence-electron chi connectivity index (χ0n) is 9.59. The second kappa shape index (κ2) is 5.12. The van der Waals surface area contributed by atoms with Crippen LogP contribution in [0, 0.1) is 0 Å². The van der Waals surface area contributed by atoms with Crippen molar-refractivity contribution < 1.29 is 4.79 Å². The second-order valence-electron chi connectivity index (χ2n) is 4.19. The molecule has 16 heavy (non-hydrogen) atoms.